The average molecular weight is 261 g/mol. The molecule has 1 aromatic heterocycles. The second-order valence-corrected chi connectivity index (χ2v) is 4.52. The Hall–Kier alpha value is -2.24. The summed E-state index contributed by atoms with van der Waals surface area (Å²) in [6.07, 6.45) is 2.64. The predicted octanol–water partition coefficient (Wildman–Crippen LogP) is 1.82. The van der Waals surface area contributed by atoms with Gasteiger partial charge in [-0.3, -0.25) is 0 Å². The van der Waals surface area contributed by atoms with Crippen LogP contribution in [0.3, 0.4) is 0 Å². The summed E-state index contributed by atoms with van der Waals surface area (Å²) in [5.41, 5.74) is 0.225. The van der Waals surface area contributed by atoms with Crippen molar-refractivity contribution in [1.82, 2.24) is 9.97 Å². The van der Waals surface area contributed by atoms with E-state index in [9.17, 15) is 14.3 Å². The van der Waals surface area contributed by atoms with E-state index in [1.54, 1.807) is 17.0 Å². The topological polar surface area (TPSA) is 66.3 Å². The van der Waals surface area contributed by atoms with Gasteiger partial charge >= 0.3 is 5.97 Å². The molecule has 1 aliphatic heterocycles. The smallest absolute Gasteiger partial charge is 0.326 e. The number of benzene rings is 1. The molecule has 1 N–H and O–H groups in total. The van der Waals surface area contributed by atoms with Gasteiger partial charge in [0, 0.05) is 11.9 Å². The van der Waals surface area contributed by atoms with Gasteiger partial charge < -0.3 is 10.0 Å². The maximum atomic E-state index is 13.7. The first kappa shape index (κ1) is 11.8. The van der Waals surface area contributed by atoms with E-state index in [1.165, 1.54) is 12.4 Å². The molecule has 2 heterocycles. The molecule has 0 amide bonds. The molecule has 1 aliphatic rings. The Morgan fingerprint density at radius 1 is 1.42 bits per heavy atom. The summed E-state index contributed by atoms with van der Waals surface area (Å²) in [6.45, 7) is 0.611. The largest absolute Gasteiger partial charge is 0.480 e. The molecule has 2 aromatic rings. The van der Waals surface area contributed by atoms with E-state index < -0.39 is 17.8 Å². The fourth-order valence-corrected chi connectivity index (χ4v) is 2.54. The molecule has 0 radical (unpaired) electrons. The van der Waals surface area contributed by atoms with Crippen LogP contribution in [-0.4, -0.2) is 33.6 Å². The molecular formula is C13H12FN3O2. The molecule has 0 bridgehead atoms. The maximum absolute atomic E-state index is 13.7. The molecule has 5 nitrogen and oxygen atoms in total. The van der Waals surface area contributed by atoms with Crippen molar-refractivity contribution in [2.24, 2.45) is 0 Å². The summed E-state index contributed by atoms with van der Waals surface area (Å²) in [5.74, 6) is -0.803. The quantitative estimate of drug-likeness (QED) is 0.893. The number of halogens is 1. The molecule has 1 fully saturated rings. The number of fused-ring (bicyclic) bond motifs is 1. The lowest BCUT2D eigenvalue weighted by molar-refractivity contribution is -0.138. The maximum Gasteiger partial charge on any atom is 0.326 e. The monoisotopic (exact) mass is 261 g/mol. The fourth-order valence-electron chi connectivity index (χ4n) is 2.54. The van der Waals surface area contributed by atoms with Gasteiger partial charge in [0.1, 0.15) is 29.5 Å². The molecule has 6 heteroatoms. The van der Waals surface area contributed by atoms with Gasteiger partial charge in [0.05, 0.1) is 0 Å². The molecule has 1 aromatic carbocycles. The second kappa shape index (κ2) is 4.46. The van der Waals surface area contributed by atoms with Gasteiger partial charge in [0.2, 0.25) is 0 Å². The van der Waals surface area contributed by atoms with Gasteiger partial charge in [-0.25, -0.2) is 19.2 Å². The van der Waals surface area contributed by atoms with Gasteiger partial charge in [-0.1, -0.05) is 6.07 Å². The number of rotatable bonds is 2. The van der Waals surface area contributed by atoms with Crippen molar-refractivity contribution in [3.8, 4) is 0 Å². The van der Waals surface area contributed by atoms with Crippen LogP contribution in [0.2, 0.25) is 0 Å². The van der Waals surface area contributed by atoms with Crippen LogP contribution in [0.1, 0.15) is 12.8 Å². The van der Waals surface area contributed by atoms with Crippen molar-refractivity contribution in [1.29, 1.82) is 0 Å². The number of carboxylic acids is 1. The number of aliphatic carboxylic acids is 1. The molecule has 0 saturated carbocycles. The minimum absolute atomic E-state index is 0.225. The van der Waals surface area contributed by atoms with Crippen molar-refractivity contribution >= 4 is 22.7 Å². The number of para-hydroxylation sites is 1. The normalized spacial score (nSPS) is 19.0. The molecule has 98 valence electrons. The average Bonchev–Trinajstić information content (AvgIpc) is 2.88. The van der Waals surface area contributed by atoms with Crippen molar-refractivity contribution < 1.29 is 14.3 Å². The van der Waals surface area contributed by atoms with Crippen molar-refractivity contribution in [2.45, 2.75) is 18.9 Å². The first-order valence-electron chi connectivity index (χ1n) is 6.07. The minimum Gasteiger partial charge on any atom is -0.480 e. The highest BCUT2D eigenvalue weighted by Gasteiger charge is 2.32. The fraction of sp³-hybridized carbons (Fsp3) is 0.308. The first-order chi connectivity index (χ1) is 9.18. The van der Waals surface area contributed by atoms with Crippen LogP contribution in [-0.2, 0) is 4.79 Å². The number of carboxylic acid groups (broad SMARTS) is 1. The molecule has 1 saturated heterocycles. The zero-order chi connectivity index (χ0) is 13.4. The van der Waals surface area contributed by atoms with E-state index in [4.69, 9.17) is 0 Å². The summed E-state index contributed by atoms with van der Waals surface area (Å²) in [5, 5.41) is 9.76. The van der Waals surface area contributed by atoms with E-state index in [2.05, 4.69) is 9.97 Å². The molecule has 0 unspecified atom stereocenters. The summed E-state index contributed by atoms with van der Waals surface area (Å²) >= 11 is 0. The highest BCUT2D eigenvalue weighted by Crippen LogP contribution is 2.30. The highest BCUT2D eigenvalue weighted by atomic mass is 19.1. The Balaban J connectivity index is 2.15. The SMILES string of the molecule is O=C(O)[C@@H]1CCCN1c1ncnc2c(F)cccc12. The molecule has 0 aliphatic carbocycles. The highest BCUT2D eigenvalue weighted by molar-refractivity contribution is 5.92. The third-order valence-electron chi connectivity index (χ3n) is 3.40. The lowest BCUT2D eigenvalue weighted by Crippen LogP contribution is -2.36. The van der Waals surface area contributed by atoms with Gasteiger partial charge in [-0.15, -0.1) is 0 Å². The number of carbonyl (C=O) groups is 1. The Morgan fingerprint density at radius 2 is 2.26 bits per heavy atom. The minimum atomic E-state index is -0.874. The van der Waals surface area contributed by atoms with Crippen molar-refractivity contribution in [3.05, 3.63) is 30.3 Å². The summed E-state index contributed by atoms with van der Waals surface area (Å²) in [4.78, 5) is 21.0. The van der Waals surface area contributed by atoms with Gasteiger partial charge in [-0.2, -0.15) is 0 Å². The van der Waals surface area contributed by atoms with E-state index >= 15 is 0 Å². The van der Waals surface area contributed by atoms with E-state index in [0.717, 1.165) is 6.42 Å². The van der Waals surface area contributed by atoms with Gasteiger partial charge in [-0.05, 0) is 25.0 Å². The number of hydrogen-bond donors (Lipinski definition) is 1. The number of hydrogen-bond acceptors (Lipinski definition) is 4. The van der Waals surface area contributed by atoms with E-state index in [0.29, 0.717) is 24.2 Å². The zero-order valence-corrected chi connectivity index (χ0v) is 10.1. The van der Waals surface area contributed by atoms with Crippen LogP contribution in [0.5, 0.6) is 0 Å². The van der Waals surface area contributed by atoms with Crippen molar-refractivity contribution in [2.75, 3.05) is 11.4 Å². The number of aromatic nitrogens is 2. The molecule has 19 heavy (non-hydrogen) atoms. The van der Waals surface area contributed by atoms with Gasteiger partial charge in [0.25, 0.3) is 0 Å². The summed E-state index contributed by atoms with van der Waals surface area (Å²) in [7, 11) is 0. The third-order valence-corrected chi connectivity index (χ3v) is 3.40. The van der Waals surface area contributed by atoms with Crippen LogP contribution in [0.15, 0.2) is 24.5 Å². The summed E-state index contributed by atoms with van der Waals surface area (Å²) in [6, 6.07) is 4.03. The lowest BCUT2D eigenvalue weighted by Gasteiger charge is -2.23. The van der Waals surface area contributed by atoms with Crippen LogP contribution < -0.4 is 4.90 Å². The van der Waals surface area contributed by atoms with Crippen molar-refractivity contribution in [3.63, 3.8) is 0 Å². The second-order valence-electron chi connectivity index (χ2n) is 4.52. The first-order valence-corrected chi connectivity index (χ1v) is 6.07. The van der Waals surface area contributed by atoms with Crippen LogP contribution >= 0.6 is 0 Å². The Morgan fingerprint density at radius 3 is 3.05 bits per heavy atom. The van der Waals surface area contributed by atoms with E-state index in [-0.39, 0.29) is 5.52 Å². The molecule has 1 atom stereocenters. The van der Waals surface area contributed by atoms with Crippen LogP contribution in [0, 0.1) is 5.82 Å². The molecular weight excluding hydrogens is 249 g/mol. The standard InChI is InChI=1S/C13H12FN3O2/c14-9-4-1-3-8-11(9)15-7-16-12(8)17-6-2-5-10(17)13(18)19/h1,3-4,7,10H,2,5-6H2,(H,18,19)/t10-/m0/s1. The zero-order valence-electron chi connectivity index (χ0n) is 10.1. The summed E-state index contributed by atoms with van der Waals surface area (Å²) < 4.78 is 13.7. The Bertz CT molecular complexity index is 647. The number of anilines is 1. The van der Waals surface area contributed by atoms with Crippen LogP contribution in [0.4, 0.5) is 10.2 Å². The third kappa shape index (κ3) is 1.89. The van der Waals surface area contributed by atoms with Crippen LogP contribution in [0.25, 0.3) is 10.9 Å². The van der Waals surface area contributed by atoms with Gasteiger partial charge in [0.15, 0.2) is 0 Å². The molecule has 0 spiro atoms. The predicted molar refractivity (Wildman–Crippen MR) is 67.5 cm³/mol. The molecule has 3 rings (SSSR count). The Labute approximate surface area is 108 Å². The number of nitrogens with zero attached hydrogens (tertiary/aromatic N) is 3. The lowest BCUT2D eigenvalue weighted by atomic mass is 10.2. The Kier molecular flexibility index (Phi) is 2.77. The van der Waals surface area contributed by atoms with E-state index in [1.807, 2.05) is 0 Å².